The van der Waals surface area contributed by atoms with Gasteiger partial charge >= 0.3 is 0 Å². The molecule has 5 heterocycles. The van der Waals surface area contributed by atoms with Crippen LogP contribution in [0, 0.1) is 0 Å². The molecule has 0 saturated heterocycles. The SMILES string of the molecule is C=C1C(=O)N=C(n2nc(-c3ccco3)cc2NC(=O)c2cc(-c3ccco3)on2)N=C1C. The molecule has 4 aromatic rings. The Morgan fingerprint density at radius 2 is 1.81 bits per heavy atom. The summed E-state index contributed by atoms with van der Waals surface area (Å²) >= 11 is 0. The monoisotopic (exact) mass is 430 g/mol. The number of hydrogen-bond acceptors (Lipinski definition) is 8. The number of aliphatic imine (C=N–C) groups is 2. The topological polar surface area (TPSA) is 141 Å². The molecule has 11 nitrogen and oxygen atoms in total. The summed E-state index contributed by atoms with van der Waals surface area (Å²) in [6.45, 7) is 5.29. The Balaban J connectivity index is 1.50. The van der Waals surface area contributed by atoms with E-state index >= 15 is 0 Å². The van der Waals surface area contributed by atoms with Crippen molar-refractivity contribution in [2.45, 2.75) is 6.92 Å². The summed E-state index contributed by atoms with van der Waals surface area (Å²) in [6, 6.07) is 9.78. The number of anilines is 1. The van der Waals surface area contributed by atoms with Gasteiger partial charge in [-0.3, -0.25) is 9.59 Å². The van der Waals surface area contributed by atoms with Gasteiger partial charge in [-0.05, 0) is 31.2 Å². The molecule has 0 spiro atoms. The molecular formula is C21H14N6O5. The van der Waals surface area contributed by atoms with Crippen molar-refractivity contribution in [1.82, 2.24) is 14.9 Å². The lowest BCUT2D eigenvalue weighted by Crippen LogP contribution is -2.25. The summed E-state index contributed by atoms with van der Waals surface area (Å²) in [7, 11) is 0. The molecule has 1 aliphatic rings. The van der Waals surface area contributed by atoms with Gasteiger partial charge in [0.15, 0.2) is 17.2 Å². The fourth-order valence-corrected chi connectivity index (χ4v) is 2.92. The second kappa shape index (κ2) is 7.47. The first-order valence-electron chi connectivity index (χ1n) is 9.33. The fraction of sp³-hybridized carbons (Fsp3) is 0.0476. The van der Waals surface area contributed by atoms with Crippen LogP contribution in [-0.4, -0.2) is 38.4 Å². The Hall–Kier alpha value is -4.80. The van der Waals surface area contributed by atoms with Crippen molar-refractivity contribution in [3.05, 3.63) is 66.8 Å². The highest BCUT2D eigenvalue weighted by molar-refractivity contribution is 6.28. The molecule has 0 aliphatic carbocycles. The van der Waals surface area contributed by atoms with Gasteiger partial charge in [-0.25, -0.2) is 4.99 Å². The van der Waals surface area contributed by atoms with E-state index in [4.69, 9.17) is 13.4 Å². The van der Waals surface area contributed by atoms with Crippen molar-refractivity contribution in [2.75, 3.05) is 5.32 Å². The molecule has 4 aromatic heterocycles. The number of rotatable bonds is 4. The molecule has 158 valence electrons. The third kappa shape index (κ3) is 3.37. The lowest BCUT2D eigenvalue weighted by Gasteiger charge is -2.12. The molecule has 1 N–H and O–H groups in total. The van der Waals surface area contributed by atoms with Crippen LogP contribution >= 0.6 is 0 Å². The van der Waals surface area contributed by atoms with Crippen LogP contribution in [0.1, 0.15) is 17.4 Å². The average molecular weight is 430 g/mol. The van der Waals surface area contributed by atoms with Gasteiger partial charge in [-0.1, -0.05) is 11.7 Å². The predicted molar refractivity (Wildman–Crippen MR) is 112 cm³/mol. The molecule has 0 radical (unpaired) electrons. The van der Waals surface area contributed by atoms with Gasteiger partial charge < -0.3 is 18.7 Å². The maximum atomic E-state index is 12.8. The van der Waals surface area contributed by atoms with Crippen LogP contribution in [0.2, 0.25) is 0 Å². The number of nitrogens with zero attached hydrogens (tertiary/aromatic N) is 5. The number of carbonyl (C=O) groups excluding carboxylic acids is 2. The molecule has 0 saturated carbocycles. The summed E-state index contributed by atoms with van der Waals surface area (Å²) in [5.41, 5.74) is 0.991. The molecule has 0 aromatic carbocycles. The third-order valence-electron chi connectivity index (χ3n) is 4.58. The van der Waals surface area contributed by atoms with E-state index < -0.39 is 11.8 Å². The minimum atomic E-state index is -0.577. The van der Waals surface area contributed by atoms with Gasteiger partial charge in [-0.15, -0.1) is 0 Å². The van der Waals surface area contributed by atoms with Crippen molar-refractivity contribution >= 4 is 29.3 Å². The molecule has 2 amide bonds. The van der Waals surface area contributed by atoms with E-state index in [1.807, 2.05) is 0 Å². The molecule has 0 fully saturated rings. The number of carbonyl (C=O) groups is 2. The summed E-state index contributed by atoms with van der Waals surface area (Å²) in [6.07, 6.45) is 2.97. The van der Waals surface area contributed by atoms with Gasteiger partial charge in [-0.2, -0.15) is 14.8 Å². The first-order valence-corrected chi connectivity index (χ1v) is 9.33. The minimum Gasteiger partial charge on any atom is -0.463 e. The summed E-state index contributed by atoms with van der Waals surface area (Å²) < 4.78 is 17.0. The summed E-state index contributed by atoms with van der Waals surface area (Å²) in [5, 5.41) is 10.9. The normalized spacial score (nSPS) is 13.8. The van der Waals surface area contributed by atoms with Crippen molar-refractivity contribution in [3.63, 3.8) is 0 Å². The zero-order chi connectivity index (χ0) is 22.2. The maximum Gasteiger partial charge on any atom is 0.281 e. The molecular weight excluding hydrogens is 416 g/mol. The van der Waals surface area contributed by atoms with Crippen molar-refractivity contribution in [3.8, 4) is 23.0 Å². The second-order valence-electron chi connectivity index (χ2n) is 6.70. The highest BCUT2D eigenvalue weighted by atomic mass is 16.5. The quantitative estimate of drug-likeness (QED) is 0.489. The van der Waals surface area contributed by atoms with Crippen molar-refractivity contribution in [1.29, 1.82) is 0 Å². The average Bonchev–Trinajstić information content (AvgIpc) is 3.57. The molecule has 11 heteroatoms. The van der Waals surface area contributed by atoms with Crippen LogP contribution in [0.5, 0.6) is 0 Å². The van der Waals surface area contributed by atoms with E-state index in [2.05, 4.69) is 32.1 Å². The van der Waals surface area contributed by atoms with Crippen LogP contribution < -0.4 is 5.32 Å². The molecule has 1 aliphatic heterocycles. The number of nitrogens with one attached hydrogen (secondary N) is 1. The van der Waals surface area contributed by atoms with Gasteiger partial charge in [0.2, 0.25) is 5.76 Å². The van der Waals surface area contributed by atoms with Gasteiger partial charge in [0.1, 0.15) is 11.5 Å². The molecule has 5 rings (SSSR count). The fourth-order valence-electron chi connectivity index (χ4n) is 2.92. The Labute approximate surface area is 179 Å². The van der Waals surface area contributed by atoms with E-state index in [9.17, 15) is 9.59 Å². The molecule has 0 unspecified atom stereocenters. The summed E-state index contributed by atoms with van der Waals surface area (Å²) in [5.74, 6) is 0.233. The van der Waals surface area contributed by atoms with Crippen LogP contribution in [0.3, 0.4) is 0 Å². The minimum absolute atomic E-state index is 0.0124. The van der Waals surface area contributed by atoms with E-state index in [1.54, 1.807) is 37.3 Å². The highest BCUT2D eigenvalue weighted by Crippen LogP contribution is 2.25. The number of amides is 2. The van der Waals surface area contributed by atoms with Gasteiger partial charge in [0.05, 0.1) is 23.8 Å². The zero-order valence-electron chi connectivity index (χ0n) is 16.6. The number of furan rings is 2. The van der Waals surface area contributed by atoms with E-state index in [1.165, 1.54) is 23.3 Å². The first-order chi connectivity index (χ1) is 15.5. The smallest absolute Gasteiger partial charge is 0.281 e. The highest BCUT2D eigenvalue weighted by Gasteiger charge is 2.24. The van der Waals surface area contributed by atoms with Crippen LogP contribution in [0.15, 0.2) is 84.4 Å². The zero-order valence-corrected chi connectivity index (χ0v) is 16.6. The lowest BCUT2D eigenvalue weighted by atomic mass is 10.2. The summed E-state index contributed by atoms with van der Waals surface area (Å²) in [4.78, 5) is 33.2. The Morgan fingerprint density at radius 1 is 1.06 bits per heavy atom. The van der Waals surface area contributed by atoms with E-state index in [-0.39, 0.29) is 23.0 Å². The molecule has 0 atom stereocenters. The second-order valence-corrected chi connectivity index (χ2v) is 6.70. The molecule has 0 bridgehead atoms. The van der Waals surface area contributed by atoms with Crippen molar-refractivity contribution < 1.29 is 22.9 Å². The number of hydrogen-bond donors (Lipinski definition) is 1. The third-order valence-corrected chi connectivity index (χ3v) is 4.58. The largest absolute Gasteiger partial charge is 0.463 e. The number of aromatic nitrogens is 3. The van der Waals surface area contributed by atoms with E-state index in [0.29, 0.717) is 28.7 Å². The lowest BCUT2D eigenvalue weighted by molar-refractivity contribution is -0.113. The molecule has 32 heavy (non-hydrogen) atoms. The van der Waals surface area contributed by atoms with Crippen molar-refractivity contribution in [2.24, 2.45) is 9.98 Å². The van der Waals surface area contributed by atoms with Gasteiger partial charge in [0, 0.05) is 12.1 Å². The Kier molecular flexibility index (Phi) is 4.48. The standard InChI is InChI=1S/C21H14N6O5/c1-11-12(2)22-21(24-19(11)28)27-18(10-13(25-27)15-5-3-7-30-15)23-20(29)14-9-17(32-26-14)16-6-4-8-31-16/h3-10H,1H2,2H3,(H,23,29). The van der Waals surface area contributed by atoms with Crippen LogP contribution in [0.4, 0.5) is 5.82 Å². The maximum absolute atomic E-state index is 12.8. The Bertz CT molecular complexity index is 1400. The predicted octanol–water partition coefficient (Wildman–Crippen LogP) is 3.40. The first kappa shape index (κ1) is 19.2. The van der Waals surface area contributed by atoms with Crippen LogP contribution in [0.25, 0.3) is 23.0 Å². The van der Waals surface area contributed by atoms with Gasteiger partial charge in [0.25, 0.3) is 17.8 Å². The Morgan fingerprint density at radius 3 is 2.50 bits per heavy atom. The van der Waals surface area contributed by atoms with E-state index in [0.717, 1.165) is 0 Å². The van der Waals surface area contributed by atoms with Crippen LogP contribution in [-0.2, 0) is 4.79 Å².